The topological polar surface area (TPSA) is 9.72 Å². The van der Waals surface area contributed by atoms with Crippen molar-refractivity contribution in [3.63, 3.8) is 0 Å². The molecule has 0 amide bonds. The van der Waals surface area contributed by atoms with E-state index in [0.717, 1.165) is 0 Å². The van der Waals surface area contributed by atoms with Gasteiger partial charge in [0.1, 0.15) is 0 Å². The summed E-state index contributed by atoms with van der Waals surface area (Å²) in [5.41, 5.74) is 26.6. The molecular weight excluding hydrogens is 907 g/mol. The number of hydrogen-bond acceptors (Lipinski definition) is 3. The van der Waals surface area contributed by atoms with Gasteiger partial charge in [0.2, 0.25) is 0 Å². The van der Waals surface area contributed by atoms with Gasteiger partial charge in [-0.1, -0.05) is 171 Å². The number of rotatable bonds is 11. The summed E-state index contributed by atoms with van der Waals surface area (Å²) >= 11 is 0. The molecule has 0 saturated carbocycles. The van der Waals surface area contributed by atoms with Crippen molar-refractivity contribution in [2.45, 2.75) is 122 Å². The lowest BCUT2D eigenvalue weighted by Crippen LogP contribution is -2.16. The highest BCUT2D eigenvalue weighted by molar-refractivity contribution is 5.82. The van der Waals surface area contributed by atoms with Crippen molar-refractivity contribution in [3.05, 3.63) is 267 Å². The third-order valence-electron chi connectivity index (χ3n) is 14.1. The van der Waals surface area contributed by atoms with Gasteiger partial charge in [0.05, 0.1) is 5.69 Å². The molecule has 0 aliphatic rings. The SMILES string of the molecule is CCC(C)c1ccc(N(c2ccc(C)cc2)c2ccc(C)cc2)cc1.Cc1ccc(N(c2ccc(C)cc2)c2c(C)cc(C(C)(C)C)cc2C)cc1.Cc1ccc(N(c2ccc(C)cc2)c2cc(C)cc(C)c2)cc1. The van der Waals surface area contributed by atoms with Crippen LogP contribution >= 0.6 is 0 Å². The van der Waals surface area contributed by atoms with Gasteiger partial charge >= 0.3 is 0 Å². The fourth-order valence-electron chi connectivity index (χ4n) is 9.47. The van der Waals surface area contributed by atoms with Crippen LogP contribution in [0.4, 0.5) is 51.2 Å². The average molecular weight is 988 g/mol. The molecule has 0 saturated heterocycles. The molecule has 3 nitrogen and oxygen atoms in total. The van der Waals surface area contributed by atoms with Crippen molar-refractivity contribution in [1.29, 1.82) is 0 Å². The maximum atomic E-state index is 2.38. The number of benzene rings is 9. The summed E-state index contributed by atoms with van der Waals surface area (Å²) in [6.07, 6.45) is 1.17. The van der Waals surface area contributed by atoms with Crippen LogP contribution < -0.4 is 14.7 Å². The van der Waals surface area contributed by atoms with E-state index in [1.54, 1.807) is 0 Å². The molecule has 0 N–H and O–H groups in total. The predicted octanol–water partition coefficient (Wildman–Crippen LogP) is 21.4. The normalized spacial score (nSPS) is 11.4. The molecule has 9 aromatic rings. The lowest BCUT2D eigenvalue weighted by molar-refractivity contribution is 0.589. The summed E-state index contributed by atoms with van der Waals surface area (Å²) in [5.74, 6) is 0.598. The maximum Gasteiger partial charge on any atom is 0.0520 e. The van der Waals surface area contributed by atoms with Gasteiger partial charge in [0, 0.05) is 45.5 Å². The second-order valence-corrected chi connectivity index (χ2v) is 22.0. The molecule has 1 unspecified atom stereocenters. The van der Waals surface area contributed by atoms with E-state index in [9.17, 15) is 0 Å². The van der Waals surface area contributed by atoms with Crippen LogP contribution in [0.1, 0.15) is 114 Å². The van der Waals surface area contributed by atoms with Gasteiger partial charge in [0.25, 0.3) is 0 Å². The molecule has 9 rings (SSSR count). The first kappa shape index (κ1) is 55.1. The first-order valence-electron chi connectivity index (χ1n) is 26.9. The van der Waals surface area contributed by atoms with E-state index in [1.807, 2.05) is 0 Å². The number of aryl methyl sites for hydroxylation is 10. The monoisotopic (exact) mass is 988 g/mol. The zero-order chi connectivity index (χ0) is 54.0. The Bertz CT molecular complexity index is 3050. The van der Waals surface area contributed by atoms with Crippen molar-refractivity contribution in [2.75, 3.05) is 14.7 Å². The molecule has 3 heteroatoms. The average Bonchev–Trinajstić information content (AvgIpc) is 3.38. The molecular formula is C72H81N3. The smallest absolute Gasteiger partial charge is 0.0520 e. The lowest BCUT2D eigenvalue weighted by Gasteiger charge is -2.31. The Kier molecular flexibility index (Phi) is 18.1. The third-order valence-corrected chi connectivity index (χ3v) is 14.1. The van der Waals surface area contributed by atoms with Crippen LogP contribution in [-0.4, -0.2) is 0 Å². The molecule has 0 aliphatic carbocycles. The summed E-state index contributed by atoms with van der Waals surface area (Å²) in [5, 5.41) is 0. The van der Waals surface area contributed by atoms with Gasteiger partial charge in [-0.05, 0) is 217 Å². The molecule has 0 radical (unpaired) electrons. The van der Waals surface area contributed by atoms with E-state index in [-0.39, 0.29) is 5.41 Å². The van der Waals surface area contributed by atoms with E-state index in [2.05, 4.69) is 319 Å². The van der Waals surface area contributed by atoms with Crippen LogP contribution in [-0.2, 0) is 5.41 Å². The summed E-state index contributed by atoms with van der Waals surface area (Å²) in [6, 6.07) is 72.9. The van der Waals surface area contributed by atoms with Crippen LogP contribution in [0.25, 0.3) is 0 Å². The molecule has 0 bridgehead atoms. The van der Waals surface area contributed by atoms with E-state index >= 15 is 0 Å². The minimum absolute atomic E-state index is 0.145. The van der Waals surface area contributed by atoms with Crippen molar-refractivity contribution >= 4 is 51.2 Å². The van der Waals surface area contributed by atoms with Crippen molar-refractivity contribution in [3.8, 4) is 0 Å². The Labute approximate surface area is 452 Å². The molecule has 75 heavy (non-hydrogen) atoms. The Morgan fingerprint density at radius 3 is 0.827 bits per heavy atom. The van der Waals surface area contributed by atoms with Crippen LogP contribution in [0.3, 0.4) is 0 Å². The maximum absolute atomic E-state index is 2.38. The highest BCUT2D eigenvalue weighted by Crippen LogP contribution is 2.42. The Morgan fingerprint density at radius 1 is 0.307 bits per heavy atom. The second-order valence-electron chi connectivity index (χ2n) is 22.0. The van der Waals surface area contributed by atoms with Crippen LogP contribution in [0, 0.1) is 69.2 Å². The lowest BCUT2D eigenvalue weighted by atomic mass is 9.84. The van der Waals surface area contributed by atoms with Crippen molar-refractivity contribution in [2.24, 2.45) is 0 Å². The number of anilines is 9. The first-order valence-corrected chi connectivity index (χ1v) is 26.9. The van der Waals surface area contributed by atoms with Gasteiger partial charge in [-0.3, -0.25) is 0 Å². The molecule has 0 fully saturated rings. The van der Waals surface area contributed by atoms with Crippen LogP contribution in [0.2, 0.25) is 0 Å². The zero-order valence-electron chi connectivity index (χ0n) is 47.7. The second kappa shape index (κ2) is 24.6. The molecule has 9 aromatic carbocycles. The van der Waals surface area contributed by atoms with Crippen molar-refractivity contribution in [1.82, 2.24) is 0 Å². The van der Waals surface area contributed by atoms with Gasteiger partial charge < -0.3 is 14.7 Å². The number of nitrogens with zero attached hydrogens (tertiary/aromatic N) is 3. The van der Waals surface area contributed by atoms with E-state index in [1.165, 1.54) is 124 Å². The largest absolute Gasteiger partial charge is 0.311 e. The van der Waals surface area contributed by atoms with Gasteiger partial charge in [-0.25, -0.2) is 0 Å². The summed E-state index contributed by atoms with van der Waals surface area (Å²) in [4.78, 5) is 7.02. The van der Waals surface area contributed by atoms with E-state index in [4.69, 9.17) is 0 Å². The van der Waals surface area contributed by atoms with Crippen LogP contribution in [0.5, 0.6) is 0 Å². The highest BCUT2D eigenvalue weighted by atomic mass is 15.2. The molecule has 0 aromatic heterocycles. The highest BCUT2D eigenvalue weighted by Gasteiger charge is 2.22. The standard InChI is InChI=1S/C26H31N.C24H27N.C22H23N/c1-18-8-12-23(13-9-18)27(24-14-10-19(2)11-15-24)25-20(3)16-22(17-21(25)4)26(5,6)7;1-5-20(4)21-10-16-24(17-11-21)25(22-12-6-18(2)7-13-22)23-14-8-19(3)9-15-23;1-16-5-9-20(10-6-16)23(21-11-7-17(2)8-12-21)22-14-18(3)13-19(4)15-22/h8-17H,1-7H3;6-17,20H,5H2,1-4H3;5-15H,1-4H3. The Balaban J connectivity index is 0.000000165. The minimum Gasteiger partial charge on any atom is -0.311 e. The van der Waals surface area contributed by atoms with E-state index < -0.39 is 0 Å². The molecule has 0 aliphatic heterocycles. The van der Waals surface area contributed by atoms with E-state index in [0.29, 0.717) is 5.92 Å². The Morgan fingerprint density at radius 2 is 0.560 bits per heavy atom. The van der Waals surface area contributed by atoms with Crippen molar-refractivity contribution < 1.29 is 0 Å². The van der Waals surface area contributed by atoms with Crippen LogP contribution in [0.15, 0.2) is 200 Å². The van der Waals surface area contributed by atoms with Gasteiger partial charge in [-0.15, -0.1) is 0 Å². The molecule has 0 heterocycles. The molecule has 384 valence electrons. The quantitative estimate of drug-likeness (QED) is 0.128. The van der Waals surface area contributed by atoms with Gasteiger partial charge in [0.15, 0.2) is 0 Å². The third kappa shape index (κ3) is 14.4. The first-order chi connectivity index (χ1) is 35.8. The summed E-state index contributed by atoms with van der Waals surface area (Å²) < 4.78 is 0. The number of hydrogen-bond donors (Lipinski definition) is 0. The zero-order valence-corrected chi connectivity index (χ0v) is 47.7. The fourth-order valence-corrected chi connectivity index (χ4v) is 9.47. The fraction of sp³-hybridized carbons (Fsp3) is 0.250. The van der Waals surface area contributed by atoms with Gasteiger partial charge in [-0.2, -0.15) is 0 Å². The minimum atomic E-state index is 0.145. The molecule has 0 spiro atoms. The summed E-state index contributed by atoms with van der Waals surface area (Å²) in [7, 11) is 0. The molecule has 1 atom stereocenters. The summed E-state index contributed by atoms with van der Waals surface area (Å²) in [6.45, 7) is 32.9. The predicted molar refractivity (Wildman–Crippen MR) is 328 cm³/mol. The Hall–Kier alpha value is -7.62.